The van der Waals surface area contributed by atoms with Gasteiger partial charge in [0.2, 0.25) is 0 Å². The van der Waals surface area contributed by atoms with Gasteiger partial charge in [-0.25, -0.2) is 0 Å². The number of fused-ring (bicyclic) bond motifs is 1. The smallest absolute Gasteiger partial charge is 0.192 e. The first-order chi connectivity index (χ1) is 13.4. The lowest BCUT2D eigenvalue weighted by Crippen LogP contribution is -2.48. The van der Waals surface area contributed by atoms with E-state index in [2.05, 4.69) is 33.9 Å². The van der Waals surface area contributed by atoms with Crippen molar-refractivity contribution in [3.05, 3.63) is 35.9 Å². The van der Waals surface area contributed by atoms with Crippen molar-refractivity contribution in [1.29, 1.82) is 0 Å². The molecule has 1 aromatic carbocycles. The lowest BCUT2D eigenvalue weighted by Gasteiger charge is -2.37. The lowest BCUT2D eigenvalue weighted by atomic mass is 10.1. The standard InChI is InChI=1S/C22H36O6Si/c1-21(2,3)29(6,7)25-14-16(23)17-18(24-13-15-11-9-8-10-12-15)19-20(26-17)28-22(4,5)27-19/h8-12,16-20,23H,13-14H2,1-7H3/t16-,17-,18-,19-,20-/m1/s1. The summed E-state index contributed by atoms with van der Waals surface area (Å²) in [5.41, 5.74) is 1.06. The SMILES string of the molecule is CC1(C)O[C@H]2O[C@H]([C@H](O)CO[Si](C)(C)C(C)(C)C)[C@@H](OCc3ccccc3)[C@H]2O1. The van der Waals surface area contributed by atoms with Crippen molar-refractivity contribution < 1.29 is 28.5 Å². The van der Waals surface area contributed by atoms with E-state index in [0.717, 1.165) is 5.56 Å². The Hall–Kier alpha value is -0.803. The molecule has 2 aliphatic heterocycles. The highest BCUT2D eigenvalue weighted by molar-refractivity contribution is 6.74. The highest BCUT2D eigenvalue weighted by Crippen LogP contribution is 2.41. The zero-order valence-corrected chi connectivity index (χ0v) is 19.7. The highest BCUT2D eigenvalue weighted by Gasteiger charge is 2.57. The average Bonchev–Trinajstić information content (AvgIpc) is 3.09. The predicted octanol–water partition coefficient (Wildman–Crippen LogP) is 3.83. The fraction of sp³-hybridized carbons (Fsp3) is 0.727. The summed E-state index contributed by atoms with van der Waals surface area (Å²) in [6, 6.07) is 9.94. The number of hydrogen-bond acceptors (Lipinski definition) is 6. The molecule has 3 rings (SSSR count). The van der Waals surface area contributed by atoms with Crippen LogP contribution in [0, 0.1) is 0 Å². The van der Waals surface area contributed by atoms with Crippen LogP contribution in [0.5, 0.6) is 0 Å². The Labute approximate surface area is 175 Å². The van der Waals surface area contributed by atoms with Gasteiger partial charge in [-0.1, -0.05) is 51.1 Å². The topological polar surface area (TPSA) is 66.4 Å². The molecule has 29 heavy (non-hydrogen) atoms. The summed E-state index contributed by atoms with van der Waals surface area (Å²) in [4.78, 5) is 0. The third-order valence-corrected chi connectivity index (χ3v) is 10.6. The largest absolute Gasteiger partial charge is 0.414 e. The van der Waals surface area contributed by atoms with Gasteiger partial charge in [-0.2, -0.15) is 0 Å². The van der Waals surface area contributed by atoms with Gasteiger partial charge >= 0.3 is 0 Å². The molecule has 0 amide bonds. The maximum atomic E-state index is 10.9. The minimum Gasteiger partial charge on any atom is -0.414 e. The average molecular weight is 425 g/mol. The van der Waals surface area contributed by atoms with Gasteiger partial charge < -0.3 is 28.5 Å². The Morgan fingerprint density at radius 3 is 2.41 bits per heavy atom. The van der Waals surface area contributed by atoms with Gasteiger partial charge in [-0.15, -0.1) is 0 Å². The molecule has 1 aromatic rings. The first-order valence-corrected chi connectivity index (χ1v) is 13.3. The fourth-order valence-corrected chi connectivity index (χ4v) is 4.40. The second-order valence-corrected chi connectivity index (χ2v) is 14.8. The van der Waals surface area contributed by atoms with Gasteiger partial charge in [-0.3, -0.25) is 0 Å². The Morgan fingerprint density at radius 1 is 1.14 bits per heavy atom. The molecule has 0 spiro atoms. The van der Waals surface area contributed by atoms with E-state index in [-0.39, 0.29) is 17.7 Å². The minimum absolute atomic E-state index is 0.0687. The molecule has 0 unspecified atom stereocenters. The summed E-state index contributed by atoms with van der Waals surface area (Å²) >= 11 is 0. The number of benzene rings is 1. The Bertz CT molecular complexity index is 672. The summed E-state index contributed by atoms with van der Waals surface area (Å²) in [6.07, 6.45) is -2.79. The van der Waals surface area contributed by atoms with E-state index in [1.54, 1.807) is 0 Å². The lowest BCUT2D eigenvalue weighted by molar-refractivity contribution is -0.231. The molecule has 0 radical (unpaired) electrons. The van der Waals surface area contributed by atoms with E-state index < -0.39 is 38.7 Å². The Kier molecular flexibility index (Phi) is 6.61. The van der Waals surface area contributed by atoms with E-state index >= 15 is 0 Å². The van der Waals surface area contributed by atoms with Crippen molar-refractivity contribution in [1.82, 2.24) is 0 Å². The number of aliphatic hydroxyl groups is 1. The molecule has 0 aromatic heterocycles. The van der Waals surface area contributed by atoms with Crippen LogP contribution >= 0.6 is 0 Å². The van der Waals surface area contributed by atoms with Crippen LogP contribution in [0.2, 0.25) is 18.1 Å². The summed E-state index contributed by atoms with van der Waals surface area (Å²) in [6.45, 7) is 15.2. The molecule has 0 saturated carbocycles. The molecule has 2 aliphatic rings. The maximum absolute atomic E-state index is 10.9. The summed E-state index contributed by atoms with van der Waals surface area (Å²) in [7, 11) is -1.98. The van der Waals surface area contributed by atoms with Gasteiger partial charge in [0.25, 0.3) is 0 Å². The maximum Gasteiger partial charge on any atom is 0.192 e. The third-order valence-electron chi connectivity index (χ3n) is 6.11. The number of aliphatic hydroxyl groups excluding tert-OH is 1. The minimum atomic E-state index is -1.98. The van der Waals surface area contributed by atoms with E-state index in [1.807, 2.05) is 44.2 Å². The van der Waals surface area contributed by atoms with E-state index in [4.69, 9.17) is 23.4 Å². The Morgan fingerprint density at radius 2 is 1.79 bits per heavy atom. The van der Waals surface area contributed by atoms with Gasteiger partial charge in [0, 0.05) is 0 Å². The molecule has 6 nitrogen and oxygen atoms in total. The molecule has 2 saturated heterocycles. The molecular formula is C22H36O6Si. The van der Waals surface area contributed by atoms with Crippen LogP contribution in [0.4, 0.5) is 0 Å². The van der Waals surface area contributed by atoms with Crippen molar-refractivity contribution in [3.8, 4) is 0 Å². The van der Waals surface area contributed by atoms with E-state index in [1.165, 1.54) is 0 Å². The van der Waals surface area contributed by atoms with Crippen LogP contribution < -0.4 is 0 Å². The second-order valence-electron chi connectivity index (χ2n) is 9.97. The molecule has 7 heteroatoms. The van der Waals surface area contributed by atoms with Crippen LogP contribution in [0.3, 0.4) is 0 Å². The van der Waals surface area contributed by atoms with E-state index in [9.17, 15) is 5.11 Å². The molecule has 1 N–H and O–H groups in total. The monoisotopic (exact) mass is 424 g/mol. The van der Waals surface area contributed by atoms with Crippen LogP contribution in [-0.2, 0) is 30.0 Å². The van der Waals surface area contributed by atoms with Crippen molar-refractivity contribution in [2.75, 3.05) is 6.61 Å². The first kappa shape index (κ1) is 22.9. The summed E-state index contributed by atoms with van der Waals surface area (Å²) < 4.78 is 30.4. The quantitative estimate of drug-likeness (QED) is 0.671. The van der Waals surface area contributed by atoms with Gasteiger partial charge in [-0.05, 0) is 37.5 Å². The van der Waals surface area contributed by atoms with Crippen LogP contribution in [0.15, 0.2) is 30.3 Å². The zero-order chi connectivity index (χ0) is 21.4. The zero-order valence-electron chi connectivity index (χ0n) is 18.7. The number of ether oxygens (including phenoxy) is 4. The number of hydrogen-bond donors (Lipinski definition) is 1. The molecule has 0 aliphatic carbocycles. The van der Waals surface area contributed by atoms with Crippen molar-refractivity contribution >= 4 is 8.32 Å². The molecule has 2 fully saturated rings. The summed E-state index contributed by atoms with van der Waals surface area (Å²) in [5, 5.41) is 11.0. The fourth-order valence-electron chi connectivity index (χ4n) is 3.38. The molecule has 2 heterocycles. The normalized spacial score (nSPS) is 30.3. The predicted molar refractivity (Wildman–Crippen MR) is 113 cm³/mol. The van der Waals surface area contributed by atoms with E-state index in [0.29, 0.717) is 6.61 Å². The van der Waals surface area contributed by atoms with Crippen LogP contribution in [-0.4, -0.2) is 56.5 Å². The van der Waals surface area contributed by atoms with Crippen LogP contribution in [0.1, 0.15) is 40.2 Å². The Balaban J connectivity index is 1.68. The summed E-state index contributed by atoms with van der Waals surface area (Å²) in [5.74, 6) is -0.739. The van der Waals surface area contributed by atoms with Crippen molar-refractivity contribution in [2.45, 2.75) is 95.9 Å². The number of rotatable bonds is 7. The molecule has 164 valence electrons. The van der Waals surface area contributed by atoms with Gasteiger partial charge in [0.05, 0.1) is 13.2 Å². The molecule has 0 bridgehead atoms. The molecular weight excluding hydrogens is 388 g/mol. The molecule has 5 atom stereocenters. The van der Waals surface area contributed by atoms with Crippen molar-refractivity contribution in [2.24, 2.45) is 0 Å². The van der Waals surface area contributed by atoms with Gasteiger partial charge in [0.15, 0.2) is 20.4 Å². The van der Waals surface area contributed by atoms with Crippen LogP contribution in [0.25, 0.3) is 0 Å². The first-order valence-electron chi connectivity index (χ1n) is 10.4. The third kappa shape index (κ3) is 5.28. The second kappa shape index (κ2) is 8.38. The van der Waals surface area contributed by atoms with Crippen molar-refractivity contribution in [3.63, 3.8) is 0 Å². The highest BCUT2D eigenvalue weighted by atomic mass is 28.4. The van der Waals surface area contributed by atoms with Gasteiger partial charge in [0.1, 0.15) is 24.4 Å².